The summed E-state index contributed by atoms with van der Waals surface area (Å²) in [6, 6.07) is 13.4. The molecule has 3 aromatic rings. The first kappa shape index (κ1) is 17.4. The van der Waals surface area contributed by atoms with Crippen molar-refractivity contribution in [2.45, 2.75) is 25.7 Å². The molecule has 2 aromatic carbocycles. The molecule has 1 saturated heterocycles. The van der Waals surface area contributed by atoms with Crippen molar-refractivity contribution >= 4 is 44.6 Å². The van der Waals surface area contributed by atoms with E-state index in [1.165, 1.54) is 15.8 Å². The minimum atomic E-state index is -0.215. The van der Waals surface area contributed by atoms with Gasteiger partial charge in [0.05, 0.1) is 15.2 Å². The summed E-state index contributed by atoms with van der Waals surface area (Å²) in [5.41, 5.74) is 2.43. The highest BCUT2D eigenvalue weighted by Crippen LogP contribution is 2.33. The first-order valence-corrected chi connectivity index (χ1v) is 10.00. The molecule has 0 bridgehead atoms. The van der Waals surface area contributed by atoms with Crippen LogP contribution in [-0.4, -0.2) is 28.1 Å². The van der Waals surface area contributed by atoms with E-state index >= 15 is 0 Å². The normalized spacial score (nSPS) is 15.4. The maximum absolute atomic E-state index is 13.7. The Labute approximate surface area is 161 Å². The topological polar surface area (TPSA) is 28.2 Å². The van der Waals surface area contributed by atoms with Gasteiger partial charge >= 0.3 is 0 Å². The molecule has 4 rings (SSSR count). The lowest BCUT2D eigenvalue weighted by molar-refractivity contribution is 0.316. The third kappa shape index (κ3) is 3.57. The molecule has 0 aliphatic carbocycles. The van der Waals surface area contributed by atoms with Crippen LogP contribution in [0.25, 0.3) is 10.2 Å². The lowest BCUT2D eigenvalue weighted by atomic mass is 9.98. The zero-order valence-electron chi connectivity index (χ0n) is 14.5. The van der Waals surface area contributed by atoms with Crippen molar-refractivity contribution in [1.29, 1.82) is 0 Å². The minimum absolute atomic E-state index is 0.215. The van der Waals surface area contributed by atoms with Gasteiger partial charge in [-0.15, -0.1) is 11.3 Å². The predicted octanol–water partition coefficient (Wildman–Crippen LogP) is 5.32. The molecule has 1 aromatic heterocycles. The predicted molar refractivity (Wildman–Crippen MR) is 111 cm³/mol. The standard InChI is InChI=1S/C20H20FN3S2/c1-13-6-7-15(12-16(13)21)22-20(25)24-10-8-14(9-11-24)19-23-17-4-2-3-5-18(17)26-19/h2-7,12,14H,8-11H2,1H3,(H,22,25). The molecule has 2 heterocycles. The van der Waals surface area contributed by atoms with Crippen molar-refractivity contribution in [2.75, 3.05) is 18.4 Å². The van der Waals surface area contributed by atoms with Crippen molar-refractivity contribution in [3.05, 3.63) is 58.9 Å². The Bertz CT molecular complexity index is 912. The Morgan fingerprint density at radius 3 is 2.73 bits per heavy atom. The molecule has 0 atom stereocenters. The summed E-state index contributed by atoms with van der Waals surface area (Å²) in [6.45, 7) is 3.53. The fourth-order valence-electron chi connectivity index (χ4n) is 3.27. The van der Waals surface area contributed by atoms with Crippen LogP contribution in [-0.2, 0) is 0 Å². The second-order valence-electron chi connectivity index (χ2n) is 6.68. The molecule has 3 nitrogen and oxygen atoms in total. The lowest BCUT2D eigenvalue weighted by Crippen LogP contribution is -2.40. The SMILES string of the molecule is Cc1ccc(NC(=S)N2CCC(c3nc4ccccc4s3)CC2)cc1F. The molecular weight excluding hydrogens is 365 g/mol. The van der Waals surface area contributed by atoms with Crippen LogP contribution in [0.3, 0.4) is 0 Å². The fraction of sp³-hybridized carbons (Fsp3) is 0.300. The minimum Gasteiger partial charge on any atom is -0.349 e. The number of aryl methyl sites for hydroxylation is 1. The van der Waals surface area contributed by atoms with Crippen LogP contribution in [0.4, 0.5) is 10.1 Å². The monoisotopic (exact) mass is 385 g/mol. The quantitative estimate of drug-likeness (QED) is 0.604. The number of anilines is 1. The summed E-state index contributed by atoms with van der Waals surface area (Å²) in [5.74, 6) is 0.274. The average molecular weight is 386 g/mol. The van der Waals surface area contributed by atoms with Crippen LogP contribution in [0.5, 0.6) is 0 Å². The molecule has 0 spiro atoms. The zero-order chi connectivity index (χ0) is 18.1. The number of piperidine rings is 1. The van der Waals surface area contributed by atoms with E-state index in [2.05, 4.69) is 28.4 Å². The Kier molecular flexibility index (Phi) is 4.87. The molecule has 1 N–H and O–H groups in total. The number of thiazole rings is 1. The Balaban J connectivity index is 1.38. The number of thiocarbonyl (C=S) groups is 1. The number of halogens is 1. The number of hydrogen-bond acceptors (Lipinski definition) is 3. The number of benzene rings is 2. The molecule has 0 amide bonds. The molecule has 0 saturated carbocycles. The van der Waals surface area contributed by atoms with Gasteiger partial charge in [-0.2, -0.15) is 0 Å². The molecule has 6 heteroatoms. The number of nitrogens with one attached hydrogen (secondary N) is 1. The summed E-state index contributed by atoms with van der Waals surface area (Å²) in [6.07, 6.45) is 2.06. The Morgan fingerprint density at radius 1 is 1.23 bits per heavy atom. The highest BCUT2D eigenvalue weighted by molar-refractivity contribution is 7.80. The van der Waals surface area contributed by atoms with Crippen molar-refractivity contribution in [2.24, 2.45) is 0 Å². The number of para-hydroxylation sites is 1. The van der Waals surface area contributed by atoms with Crippen LogP contribution < -0.4 is 5.32 Å². The van der Waals surface area contributed by atoms with Gasteiger partial charge in [-0.1, -0.05) is 18.2 Å². The second kappa shape index (κ2) is 7.29. The summed E-state index contributed by atoms with van der Waals surface area (Å²) in [4.78, 5) is 6.97. The second-order valence-corrected chi connectivity index (χ2v) is 8.12. The average Bonchev–Trinajstić information content (AvgIpc) is 3.09. The number of nitrogens with zero attached hydrogens (tertiary/aromatic N) is 2. The molecule has 0 radical (unpaired) electrons. The first-order valence-electron chi connectivity index (χ1n) is 8.78. The van der Waals surface area contributed by atoms with Gasteiger partial charge in [-0.3, -0.25) is 0 Å². The summed E-state index contributed by atoms with van der Waals surface area (Å²) < 4.78 is 14.9. The molecule has 1 aliphatic heterocycles. The molecule has 1 fully saturated rings. The van der Waals surface area contributed by atoms with E-state index in [0.717, 1.165) is 31.4 Å². The Morgan fingerprint density at radius 2 is 2.00 bits per heavy atom. The third-order valence-corrected chi connectivity index (χ3v) is 6.42. The van der Waals surface area contributed by atoms with Gasteiger partial charge in [0, 0.05) is 24.7 Å². The maximum atomic E-state index is 13.7. The summed E-state index contributed by atoms with van der Waals surface area (Å²) in [5, 5.41) is 5.05. The smallest absolute Gasteiger partial charge is 0.173 e. The van der Waals surface area contributed by atoms with Crippen molar-refractivity contribution in [1.82, 2.24) is 9.88 Å². The zero-order valence-corrected chi connectivity index (χ0v) is 16.2. The van der Waals surface area contributed by atoms with E-state index in [1.807, 2.05) is 12.1 Å². The lowest BCUT2D eigenvalue weighted by Gasteiger charge is -2.33. The van der Waals surface area contributed by atoms with Gasteiger partial charge < -0.3 is 10.2 Å². The van der Waals surface area contributed by atoms with Gasteiger partial charge in [-0.05, 0) is 61.8 Å². The molecule has 134 valence electrons. The van der Waals surface area contributed by atoms with E-state index in [0.29, 0.717) is 22.3 Å². The first-order chi connectivity index (χ1) is 12.6. The molecule has 0 unspecified atom stereocenters. The third-order valence-electron chi connectivity index (χ3n) is 4.86. The van der Waals surface area contributed by atoms with Gasteiger partial charge in [-0.25, -0.2) is 9.37 Å². The van der Waals surface area contributed by atoms with Crippen molar-refractivity contribution in [3.8, 4) is 0 Å². The Hall–Kier alpha value is -2.05. The molecule has 26 heavy (non-hydrogen) atoms. The van der Waals surface area contributed by atoms with Crippen LogP contribution in [0.1, 0.15) is 29.3 Å². The van der Waals surface area contributed by atoms with Crippen LogP contribution in [0.15, 0.2) is 42.5 Å². The number of fused-ring (bicyclic) bond motifs is 1. The number of aromatic nitrogens is 1. The summed E-state index contributed by atoms with van der Waals surface area (Å²) >= 11 is 7.32. The maximum Gasteiger partial charge on any atom is 0.173 e. The van der Waals surface area contributed by atoms with E-state index in [9.17, 15) is 4.39 Å². The van der Waals surface area contributed by atoms with Crippen molar-refractivity contribution in [3.63, 3.8) is 0 Å². The number of rotatable bonds is 2. The van der Waals surface area contributed by atoms with Crippen LogP contribution >= 0.6 is 23.6 Å². The molecule has 1 aliphatic rings. The van der Waals surface area contributed by atoms with E-state index < -0.39 is 0 Å². The largest absolute Gasteiger partial charge is 0.349 e. The number of hydrogen-bond donors (Lipinski definition) is 1. The van der Waals surface area contributed by atoms with Gasteiger partial charge in [0.25, 0.3) is 0 Å². The van der Waals surface area contributed by atoms with Crippen LogP contribution in [0.2, 0.25) is 0 Å². The van der Waals surface area contributed by atoms with Gasteiger partial charge in [0.1, 0.15) is 5.82 Å². The summed E-state index contributed by atoms with van der Waals surface area (Å²) in [7, 11) is 0. The van der Waals surface area contributed by atoms with E-state index in [-0.39, 0.29) is 5.82 Å². The van der Waals surface area contributed by atoms with Gasteiger partial charge in [0.2, 0.25) is 0 Å². The van der Waals surface area contributed by atoms with E-state index in [1.54, 1.807) is 24.3 Å². The van der Waals surface area contributed by atoms with E-state index in [4.69, 9.17) is 17.2 Å². The van der Waals surface area contributed by atoms with Crippen LogP contribution in [0, 0.1) is 12.7 Å². The van der Waals surface area contributed by atoms with Gasteiger partial charge in [0.15, 0.2) is 5.11 Å². The molecular formula is C20H20FN3S2. The highest BCUT2D eigenvalue weighted by Gasteiger charge is 2.24. The number of likely N-dealkylation sites (tertiary alicyclic amines) is 1. The highest BCUT2D eigenvalue weighted by atomic mass is 32.1. The fourth-order valence-corrected chi connectivity index (χ4v) is 4.70. The van der Waals surface area contributed by atoms with Crippen molar-refractivity contribution < 1.29 is 4.39 Å².